The number of hydrogen-bond acceptors (Lipinski definition) is 6. The van der Waals surface area contributed by atoms with Gasteiger partial charge in [0.25, 0.3) is 0 Å². The van der Waals surface area contributed by atoms with E-state index < -0.39 is 0 Å². The van der Waals surface area contributed by atoms with Crippen LogP contribution >= 0.6 is 0 Å². The van der Waals surface area contributed by atoms with Crippen LogP contribution in [0.25, 0.3) is 0 Å². The van der Waals surface area contributed by atoms with Gasteiger partial charge >= 0.3 is 6.01 Å². The van der Waals surface area contributed by atoms with Crippen LogP contribution in [0.15, 0.2) is 4.42 Å². The van der Waals surface area contributed by atoms with Crippen molar-refractivity contribution in [3.05, 3.63) is 5.89 Å². The average molecular weight is 226 g/mol. The van der Waals surface area contributed by atoms with Gasteiger partial charge in [-0.15, -0.1) is 5.10 Å². The average Bonchev–Trinajstić information content (AvgIpc) is 2.96. The molecule has 6 heteroatoms. The standard InChI is InChI=1S/C10H18N4O2/c1-7(11-2)9-13-14-10(16-9)12-6-8-4-3-5-15-8/h7-8,11H,3-6H2,1-2H3,(H,12,14). The molecule has 16 heavy (non-hydrogen) atoms. The van der Waals surface area contributed by atoms with Gasteiger partial charge in [-0.2, -0.15) is 0 Å². The molecule has 2 N–H and O–H groups in total. The molecule has 1 fully saturated rings. The summed E-state index contributed by atoms with van der Waals surface area (Å²) in [5.74, 6) is 0.595. The van der Waals surface area contributed by atoms with Gasteiger partial charge in [0.1, 0.15) is 0 Å². The van der Waals surface area contributed by atoms with E-state index in [1.54, 1.807) is 0 Å². The van der Waals surface area contributed by atoms with Gasteiger partial charge < -0.3 is 19.8 Å². The van der Waals surface area contributed by atoms with Crippen LogP contribution in [0.1, 0.15) is 31.7 Å². The highest BCUT2D eigenvalue weighted by molar-refractivity contribution is 5.17. The number of rotatable bonds is 5. The summed E-state index contributed by atoms with van der Waals surface area (Å²) in [5.41, 5.74) is 0. The van der Waals surface area contributed by atoms with Gasteiger partial charge in [0.15, 0.2) is 0 Å². The summed E-state index contributed by atoms with van der Waals surface area (Å²) in [6.45, 7) is 3.56. The van der Waals surface area contributed by atoms with Gasteiger partial charge in [0.05, 0.1) is 12.1 Å². The molecule has 0 aliphatic carbocycles. The van der Waals surface area contributed by atoms with Crippen LogP contribution in [-0.4, -0.2) is 36.5 Å². The quantitative estimate of drug-likeness (QED) is 0.778. The van der Waals surface area contributed by atoms with Crippen LogP contribution in [-0.2, 0) is 4.74 Å². The maximum absolute atomic E-state index is 5.49. The molecule has 0 bridgehead atoms. The molecule has 2 heterocycles. The first kappa shape index (κ1) is 11.3. The first-order valence-corrected chi connectivity index (χ1v) is 5.65. The Hall–Kier alpha value is -1.14. The molecule has 1 aliphatic heterocycles. The zero-order chi connectivity index (χ0) is 11.4. The number of hydrogen-bond donors (Lipinski definition) is 2. The minimum absolute atomic E-state index is 0.0748. The summed E-state index contributed by atoms with van der Waals surface area (Å²) in [6, 6.07) is 0.540. The second-order valence-electron chi connectivity index (χ2n) is 3.97. The Bertz CT molecular complexity index is 322. The van der Waals surface area contributed by atoms with Crippen LogP contribution in [0.5, 0.6) is 0 Å². The van der Waals surface area contributed by atoms with Crippen LogP contribution in [0, 0.1) is 0 Å². The lowest BCUT2D eigenvalue weighted by molar-refractivity contribution is 0.120. The second-order valence-corrected chi connectivity index (χ2v) is 3.97. The zero-order valence-corrected chi connectivity index (χ0v) is 9.69. The lowest BCUT2D eigenvalue weighted by atomic mass is 10.2. The third-order valence-corrected chi connectivity index (χ3v) is 2.75. The summed E-state index contributed by atoms with van der Waals surface area (Å²) in [6.07, 6.45) is 2.51. The van der Waals surface area contributed by atoms with Gasteiger partial charge in [-0.1, -0.05) is 5.10 Å². The van der Waals surface area contributed by atoms with Crippen molar-refractivity contribution in [1.29, 1.82) is 0 Å². The molecular weight excluding hydrogens is 208 g/mol. The summed E-state index contributed by atoms with van der Waals surface area (Å²) in [5, 5.41) is 14.0. The molecule has 0 amide bonds. The van der Waals surface area contributed by atoms with E-state index in [0.29, 0.717) is 11.9 Å². The minimum Gasteiger partial charge on any atom is -0.406 e. The van der Waals surface area contributed by atoms with Gasteiger partial charge in [0, 0.05) is 13.2 Å². The summed E-state index contributed by atoms with van der Waals surface area (Å²) >= 11 is 0. The Labute approximate surface area is 94.8 Å². The Balaban J connectivity index is 1.82. The van der Waals surface area contributed by atoms with Crippen molar-refractivity contribution in [2.45, 2.75) is 31.9 Å². The predicted octanol–water partition coefficient (Wildman–Crippen LogP) is 0.941. The molecule has 90 valence electrons. The van der Waals surface area contributed by atoms with Gasteiger partial charge in [-0.3, -0.25) is 0 Å². The molecular formula is C10H18N4O2. The fraction of sp³-hybridized carbons (Fsp3) is 0.800. The smallest absolute Gasteiger partial charge is 0.315 e. The van der Waals surface area contributed by atoms with Crippen molar-refractivity contribution in [3.63, 3.8) is 0 Å². The van der Waals surface area contributed by atoms with Crippen LogP contribution in [0.3, 0.4) is 0 Å². The molecule has 1 aliphatic rings. The molecule has 2 atom stereocenters. The van der Waals surface area contributed by atoms with Gasteiger partial charge in [-0.05, 0) is 26.8 Å². The highest BCUT2D eigenvalue weighted by Gasteiger charge is 2.17. The molecule has 1 saturated heterocycles. The van der Waals surface area contributed by atoms with E-state index in [1.165, 1.54) is 0 Å². The van der Waals surface area contributed by atoms with E-state index in [9.17, 15) is 0 Å². The molecule has 1 aromatic rings. The number of aromatic nitrogens is 2. The Morgan fingerprint density at radius 1 is 1.50 bits per heavy atom. The van der Waals surface area contributed by atoms with Gasteiger partial charge in [0.2, 0.25) is 5.89 Å². The van der Waals surface area contributed by atoms with E-state index >= 15 is 0 Å². The van der Waals surface area contributed by atoms with Crippen molar-refractivity contribution in [2.75, 3.05) is 25.5 Å². The molecule has 0 saturated carbocycles. The molecule has 0 spiro atoms. The van der Waals surface area contributed by atoms with E-state index in [1.807, 2.05) is 14.0 Å². The van der Waals surface area contributed by atoms with E-state index in [-0.39, 0.29) is 12.1 Å². The molecule has 0 radical (unpaired) electrons. The molecule has 6 nitrogen and oxygen atoms in total. The monoisotopic (exact) mass is 226 g/mol. The van der Waals surface area contributed by atoms with Crippen molar-refractivity contribution in [1.82, 2.24) is 15.5 Å². The molecule has 2 rings (SSSR count). The summed E-state index contributed by atoms with van der Waals surface area (Å²) in [7, 11) is 1.86. The normalized spacial score (nSPS) is 22.2. The highest BCUT2D eigenvalue weighted by atomic mass is 16.5. The molecule has 2 unspecified atom stereocenters. The van der Waals surface area contributed by atoms with E-state index in [4.69, 9.17) is 9.15 Å². The summed E-state index contributed by atoms with van der Waals surface area (Å²) < 4.78 is 10.9. The SMILES string of the molecule is CNC(C)c1nnc(NCC2CCCO2)o1. The third-order valence-electron chi connectivity index (χ3n) is 2.75. The maximum atomic E-state index is 5.49. The summed E-state index contributed by atoms with van der Waals surface area (Å²) in [4.78, 5) is 0. The number of nitrogens with one attached hydrogen (secondary N) is 2. The zero-order valence-electron chi connectivity index (χ0n) is 9.69. The van der Waals surface area contributed by atoms with Gasteiger partial charge in [-0.25, -0.2) is 0 Å². The Kier molecular flexibility index (Phi) is 3.74. The lowest BCUT2D eigenvalue weighted by Crippen LogP contribution is -2.18. The molecule has 1 aromatic heterocycles. The van der Waals surface area contributed by atoms with E-state index in [0.717, 1.165) is 26.0 Å². The topological polar surface area (TPSA) is 72.2 Å². The maximum Gasteiger partial charge on any atom is 0.315 e. The minimum atomic E-state index is 0.0748. The first-order chi connectivity index (χ1) is 7.79. The Morgan fingerprint density at radius 2 is 2.38 bits per heavy atom. The van der Waals surface area contributed by atoms with Crippen molar-refractivity contribution in [2.24, 2.45) is 0 Å². The number of ether oxygens (including phenoxy) is 1. The van der Waals surface area contributed by atoms with Crippen molar-refractivity contribution < 1.29 is 9.15 Å². The van der Waals surface area contributed by atoms with Crippen molar-refractivity contribution >= 4 is 6.01 Å². The predicted molar refractivity (Wildman–Crippen MR) is 59.2 cm³/mol. The first-order valence-electron chi connectivity index (χ1n) is 5.65. The largest absolute Gasteiger partial charge is 0.406 e. The number of nitrogens with zero attached hydrogens (tertiary/aromatic N) is 2. The third kappa shape index (κ3) is 2.70. The van der Waals surface area contributed by atoms with Crippen LogP contribution in [0.2, 0.25) is 0 Å². The van der Waals surface area contributed by atoms with Crippen LogP contribution < -0.4 is 10.6 Å². The second kappa shape index (κ2) is 5.27. The van der Waals surface area contributed by atoms with Crippen molar-refractivity contribution in [3.8, 4) is 0 Å². The Morgan fingerprint density at radius 3 is 3.06 bits per heavy atom. The van der Waals surface area contributed by atoms with Crippen LogP contribution in [0.4, 0.5) is 6.01 Å². The van der Waals surface area contributed by atoms with E-state index in [2.05, 4.69) is 20.8 Å². The lowest BCUT2D eigenvalue weighted by Gasteiger charge is -2.08. The fourth-order valence-corrected chi connectivity index (χ4v) is 1.61. The fourth-order valence-electron chi connectivity index (χ4n) is 1.61. The molecule has 0 aromatic carbocycles. The highest BCUT2D eigenvalue weighted by Crippen LogP contribution is 2.15. The number of anilines is 1.